The third-order valence-electron chi connectivity index (χ3n) is 2.31. The molecule has 0 bridgehead atoms. The summed E-state index contributed by atoms with van der Waals surface area (Å²) in [7, 11) is 0. The van der Waals surface area contributed by atoms with Crippen molar-refractivity contribution < 1.29 is 24.2 Å². The van der Waals surface area contributed by atoms with E-state index in [1.54, 1.807) is 13.8 Å². The zero-order valence-corrected chi connectivity index (χ0v) is 9.60. The number of rotatable bonds is 5. The minimum atomic E-state index is -1.08. The van der Waals surface area contributed by atoms with Crippen molar-refractivity contribution in [1.82, 2.24) is 4.57 Å². The van der Waals surface area contributed by atoms with Crippen LogP contribution in [0.15, 0.2) is 6.07 Å². The number of esters is 1. The van der Waals surface area contributed by atoms with Crippen molar-refractivity contribution in [3.05, 3.63) is 23.0 Å². The van der Waals surface area contributed by atoms with Crippen LogP contribution < -0.4 is 0 Å². The zero-order chi connectivity index (χ0) is 13.0. The van der Waals surface area contributed by atoms with Crippen LogP contribution in [-0.4, -0.2) is 34.5 Å². The molecule has 6 nitrogen and oxygen atoms in total. The molecule has 92 valence electrons. The van der Waals surface area contributed by atoms with Crippen LogP contribution in [0, 0.1) is 6.92 Å². The molecule has 1 aromatic rings. The minimum Gasteiger partial charge on any atom is -0.480 e. The quantitative estimate of drug-likeness (QED) is 0.608. The Morgan fingerprint density at radius 2 is 2.18 bits per heavy atom. The van der Waals surface area contributed by atoms with Gasteiger partial charge in [-0.1, -0.05) is 0 Å². The number of aromatic nitrogens is 1. The van der Waals surface area contributed by atoms with E-state index in [0.717, 1.165) is 0 Å². The number of nitrogens with zero attached hydrogens (tertiary/aromatic N) is 1. The number of carboxylic acids is 1. The Hall–Kier alpha value is -2.11. The molecule has 0 aliphatic rings. The van der Waals surface area contributed by atoms with Crippen LogP contribution in [0.1, 0.15) is 33.5 Å². The maximum Gasteiger partial charge on any atom is 0.339 e. The second-order valence-corrected chi connectivity index (χ2v) is 3.39. The van der Waals surface area contributed by atoms with Crippen molar-refractivity contribution in [3.8, 4) is 0 Å². The molecular formula is C11H13NO5. The van der Waals surface area contributed by atoms with Crippen LogP contribution in [0.25, 0.3) is 0 Å². The molecule has 0 unspecified atom stereocenters. The van der Waals surface area contributed by atoms with Crippen molar-refractivity contribution in [3.63, 3.8) is 0 Å². The summed E-state index contributed by atoms with van der Waals surface area (Å²) in [4.78, 5) is 33.0. The highest BCUT2D eigenvalue weighted by Gasteiger charge is 2.19. The van der Waals surface area contributed by atoms with Crippen LogP contribution in [-0.2, 0) is 16.1 Å². The van der Waals surface area contributed by atoms with E-state index in [1.807, 2.05) is 0 Å². The minimum absolute atomic E-state index is 0.146. The first kappa shape index (κ1) is 13.0. The molecule has 1 heterocycles. The summed E-state index contributed by atoms with van der Waals surface area (Å²) in [6.45, 7) is 3.10. The number of hydrogen-bond donors (Lipinski definition) is 1. The summed E-state index contributed by atoms with van der Waals surface area (Å²) in [5.41, 5.74) is 0.774. The van der Waals surface area contributed by atoms with E-state index in [-0.39, 0.29) is 24.4 Å². The first-order chi connectivity index (χ1) is 8.01. The van der Waals surface area contributed by atoms with Crippen LogP contribution >= 0.6 is 0 Å². The maximum absolute atomic E-state index is 11.5. The molecular weight excluding hydrogens is 226 g/mol. The molecule has 0 spiro atoms. The molecule has 1 rings (SSSR count). The molecule has 0 amide bonds. The van der Waals surface area contributed by atoms with E-state index < -0.39 is 11.9 Å². The lowest BCUT2D eigenvalue weighted by Gasteiger charge is -2.05. The van der Waals surface area contributed by atoms with E-state index in [4.69, 9.17) is 9.84 Å². The van der Waals surface area contributed by atoms with E-state index in [2.05, 4.69) is 0 Å². The Labute approximate surface area is 97.8 Å². The van der Waals surface area contributed by atoms with Gasteiger partial charge in [0, 0.05) is 5.69 Å². The lowest BCUT2D eigenvalue weighted by atomic mass is 10.2. The number of aliphatic carboxylic acids is 1. The molecule has 17 heavy (non-hydrogen) atoms. The van der Waals surface area contributed by atoms with E-state index in [1.165, 1.54) is 10.6 Å². The maximum atomic E-state index is 11.5. The number of ether oxygens (including phenoxy) is 1. The number of carbonyl (C=O) groups excluding carboxylic acids is 2. The largest absolute Gasteiger partial charge is 0.480 e. The van der Waals surface area contributed by atoms with Crippen LogP contribution in [0.2, 0.25) is 0 Å². The topological polar surface area (TPSA) is 85.6 Å². The second-order valence-electron chi connectivity index (χ2n) is 3.39. The third-order valence-corrected chi connectivity index (χ3v) is 2.31. The number of aldehydes is 1. The van der Waals surface area contributed by atoms with Crippen molar-refractivity contribution >= 4 is 18.2 Å². The predicted molar refractivity (Wildman–Crippen MR) is 58.1 cm³/mol. The fourth-order valence-corrected chi connectivity index (χ4v) is 1.53. The lowest BCUT2D eigenvalue weighted by Crippen LogP contribution is -2.13. The monoisotopic (exact) mass is 239 g/mol. The van der Waals surface area contributed by atoms with E-state index >= 15 is 0 Å². The van der Waals surface area contributed by atoms with Crippen molar-refractivity contribution in [2.24, 2.45) is 0 Å². The second kappa shape index (κ2) is 5.29. The van der Waals surface area contributed by atoms with Crippen LogP contribution in [0.3, 0.4) is 0 Å². The van der Waals surface area contributed by atoms with Gasteiger partial charge in [-0.3, -0.25) is 9.59 Å². The first-order valence-electron chi connectivity index (χ1n) is 5.05. The van der Waals surface area contributed by atoms with Gasteiger partial charge in [-0.15, -0.1) is 0 Å². The molecule has 1 N–H and O–H groups in total. The summed E-state index contributed by atoms with van der Waals surface area (Å²) in [5, 5.41) is 8.71. The Morgan fingerprint density at radius 3 is 2.65 bits per heavy atom. The molecule has 0 fully saturated rings. The van der Waals surface area contributed by atoms with Gasteiger partial charge in [0.25, 0.3) is 0 Å². The molecule has 0 atom stereocenters. The van der Waals surface area contributed by atoms with Crippen molar-refractivity contribution in [2.45, 2.75) is 20.4 Å². The summed E-state index contributed by atoms with van der Waals surface area (Å²) in [6, 6.07) is 1.34. The van der Waals surface area contributed by atoms with Gasteiger partial charge >= 0.3 is 11.9 Å². The van der Waals surface area contributed by atoms with Crippen molar-refractivity contribution in [1.29, 1.82) is 0 Å². The summed E-state index contributed by atoms with van der Waals surface area (Å²) in [6.07, 6.45) is 0.513. The smallest absolute Gasteiger partial charge is 0.339 e. The first-order valence-corrected chi connectivity index (χ1v) is 5.05. The fourth-order valence-electron chi connectivity index (χ4n) is 1.53. The summed E-state index contributed by atoms with van der Waals surface area (Å²) >= 11 is 0. The molecule has 0 aliphatic heterocycles. The lowest BCUT2D eigenvalue weighted by molar-refractivity contribution is -0.137. The highest BCUT2D eigenvalue weighted by Crippen LogP contribution is 2.15. The molecule has 1 aromatic heterocycles. The van der Waals surface area contributed by atoms with Gasteiger partial charge in [0.15, 0.2) is 6.29 Å². The molecule has 0 saturated heterocycles. The number of hydrogen-bond acceptors (Lipinski definition) is 4. The molecule has 0 radical (unpaired) electrons. The number of carboxylic acid groups (broad SMARTS) is 1. The Bertz CT molecular complexity index is 461. The molecule has 6 heteroatoms. The Morgan fingerprint density at radius 1 is 1.53 bits per heavy atom. The average Bonchev–Trinajstić information content (AvgIpc) is 2.56. The highest BCUT2D eigenvalue weighted by molar-refractivity contribution is 5.93. The zero-order valence-electron chi connectivity index (χ0n) is 9.60. The van der Waals surface area contributed by atoms with Gasteiger partial charge in [-0.05, 0) is 19.9 Å². The Balaban J connectivity index is 3.18. The van der Waals surface area contributed by atoms with Gasteiger partial charge in [0.2, 0.25) is 0 Å². The summed E-state index contributed by atoms with van der Waals surface area (Å²) in [5.74, 6) is -1.64. The standard InChI is InChI=1S/C11H13NO5/c1-3-17-11(16)9-4-8(6-13)12(7(9)2)5-10(14)15/h4,6H,3,5H2,1-2H3,(H,14,15). The van der Waals surface area contributed by atoms with Gasteiger partial charge in [-0.25, -0.2) is 4.79 Å². The predicted octanol–water partition coefficient (Wildman–Crippen LogP) is 0.870. The fraction of sp³-hybridized carbons (Fsp3) is 0.364. The molecule has 0 aliphatic carbocycles. The summed E-state index contributed by atoms with van der Waals surface area (Å²) < 4.78 is 6.08. The number of carbonyl (C=O) groups is 3. The van der Waals surface area contributed by atoms with Gasteiger partial charge in [-0.2, -0.15) is 0 Å². The van der Waals surface area contributed by atoms with Crippen molar-refractivity contribution in [2.75, 3.05) is 6.61 Å². The highest BCUT2D eigenvalue weighted by atomic mass is 16.5. The van der Waals surface area contributed by atoms with E-state index in [0.29, 0.717) is 12.0 Å². The third kappa shape index (κ3) is 2.72. The van der Waals surface area contributed by atoms with Gasteiger partial charge in [0.05, 0.1) is 17.9 Å². The van der Waals surface area contributed by atoms with E-state index in [9.17, 15) is 14.4 Å². The Kier molecular flexibility index (Phi) is 4.03. The van der Waals surface area contributed by atoms with Crippen LogP contribution in [0.5, 0.6) is 0 Å². The SMILES string of the molecule is CCOC(=O)c1cc(C=O)n(CC(=O)O)c1C. The van der Waals surface area contributed by atoms with Gasteiger partial charge < -0.3 is 14.4 Å². The molecule has 0 aromatic carbocycles. The van der Waals surface area contributed by atoms with Crippen LogP contribution in [0.4, 0.5) is 0 Å². The normalized spacial score (nSPS) is 10.0. The molecule has 0 saturated carbocycles. The van der Waals surface area contributed by atoms with Gasteiger partial charge in [0.1, 0.15) is 6.54 Å². The average molecular weight is 239 g/mol.